The van der Waals surface area contributed by atoms with Gasteiger partial charge in [0.2, 0.25) is 5.88 Å². The molecule has 0 spiro atoms. The summed E-state index contributed by atoms with van der Waals surface area (Å²) < 4.78 is 5.26. The number of aromatic nitrogens is 3. The number of hydrogen-bond acceptors (Lipinski definition) is 6. The Kier molecular flexibility index (Phi) is 5.39. The first-order valence-corrected chi connectivity index (χ1v) is 9.82. The summed E-state index contributed by atoms with van der Waals surface area (Å²) in [6.45, 7) is 0. The number of nitrogens with zero attached hydrogens (tertiary/aromatic N) is 4. The number of fused-ring (bicyclic) bond motifs is 1. The molecule has 1 aromatic carbocycles. The lowest BCUT2D eigenvalue weighted by Gasteiger charge is -2.33. The third-order valence-corrected chi connectivity index (χ3v) is 5.68. The molecule has 0 radical (unpaired) electrons. The minimum atomic E-state index is 0.457. The van der Waals surface area contributed by atoms with Crippen molar-refractivity contribution in [1.29, 1.82) is 0 Å². The Morgan fingerprint density at radius 2 is 1.75 bits per heavy atom. The summed E-state index contributed by atoms with van der Waals surface area (Å²) in [5.41, 5.74) is 3.11. The van der Waals surface area contributed by atoms with Crippen molar-refractivity contribution in [2.75, 3.05) is 26.5 Å². The molecule has 1 saturated carbocycles. The van der Waals surface area contributed by atoms with Crippen LogP contribution in [0.1, 0.15) is 25.7 Å². The molecule has 0 bridgehead atoms. The van der Waals surface area contributed by atoms with Gasteiger partial charge in [-0.1, -0.05) is 6.07 Å². The van der Waals surface area contributed by atoms with Crippen LogP contribution in [0.5, 0.6) is 5.88 Å². The zero-order valence-electron chi connectivity index (χ0n) is 16.7. The Morgan fingerprint density at radius 1 is 0.964 bits per heavy atom. The van der Waals surface area contributed by atoms with Crippen molar-refractivity contribution in [3.05, 3.63) is 42.9 Å². The molecule has 1 N–H and O–H groups in total. The van der Waals surface area contributed by atoms with Gasteiger partial charge >= 0.3 is 0 Å². The van der Waals surface area contributed by atoms with E-state index in [1.807, 2.05) is 18.2 Å². The summed E-state index contributed by atoms with van der Waals surface area (Å²) >= 11 is 0. The predicted octanol–water partition coefficient (Wildman–Crippen LogP) is 3.99. The largest absolute Gasteiger partial charge is 0.481 e. The van der Waals surface area contributed by atoms with Gasteiger partial charge < -0.3 is 15.0 Å². The van der Waals surface area contributed by atoms with E-state index in [0.29, 0.717) is 18.0 Å². The zero-order chi connectivity index (χ0) is 19.5. The Morgan fingerprint density at radius 3 is 2.50 bits per heavy atom. The van der Waals surface area contributed by atoms with Gasteiger partial charge in [-0.3, -0.25) is 0 Å². The summed E-state index contributed by atoms with van der Waals surface area (Å²) in [5, 5.41) is 4.72. The Bertz CT molecular complexity index is 951. The van der Waals surface area contributed by atoms with Gasteiger partial charge in [0.15, 0.2) is 0 Å². The molecule has 1 aliphatic rings. The third-order valence-electron chi connectivity index (χ3n) is 5.68. The fraction of sp³-hybridized carbons (Fsp3) is 0.409. The molecule has 0 atom stereocenters. The highest BCUT2D eigenvalue weighted by Crippen LogP contribution is 2.30. The Balaban J connectivity index is 1.60. The number of ether oxygens (including phenoxy) is 1. The van der Waals surface area contributed by atoms with Crippen LogP contribution in [-0.4, -0.2) is 53.1 Å². The van der Waals surface area contributed by atoms with Gasteiger partial charge in [0.05, 0.1) is 12.6 Å². The molecule has 2 aromatic heterocycles. The number of benzene rings is 1. The van der Waals surface area contributed by atoms with Crippen LogP contribution in [-0.2, 0) is 0 Å². The monoisotopic (exact) mass is 377 g/mol. The maximum Gasteiger partial charge on any atom is 0.213 e. The van der Waals surface area contributed by atoms with Gasteiger partial charge in [0, 0.05) is 29.7 Å². The van der Waals surface area contributed by atoms with E-state index in [4.69, 9.17) is 4.74 Å². The topological polar surface area (TPSA) is 63.2 Å². The quantitative estimate of drug-likeness (QED) is 0.725. The van der Waals surface area contributed by atoms with E-state index in [9.17, 15) is 0 Å². The van der Waals surface area contributed by atoms with Crippen LogP contribution in [0, 0.1) is 0 Å². The normalized spacial score (nSPS) is 19.7. The molecule has 0 saturated heterocycles. The molecule has 6 nitrogen and oxygen atoms in total. The zero-order valence-corrected chi connectivity index (χ0v) is 16.7. The second kappa shape index (κ2) is 8.10. The third kappa shape index (κ3) is 3.92. The number of anilines is 1. The first kappa shape index (κ1) is 18.6. The van der Waals surface area contributed by atoms with Crippen LogP contribution in [0.15, 0.2) is 42.9 Å². The van der Waals surface area contributed by atoms with Crippen LogP contribution in [0.4, 0.5) is 5.82 Å². The van der Waals surface area contributed by atoms with Gasteiger partial charge in [-0.2, -0.15) is 0 Å². The smallest absolute Gasteiger partial charge is 0.213 e. The van der Waals surface area contributed by atoms with Crippen molar-refractivity contribution in [2.45, 2.75) is 37.8 Å². The molecule has 4 rings (SSSR count). The van der Waals surface area contributed by atoms with E-state index in [2.05, 4.69) is 51.4 Å². The molecule has 0 unspecified atom stereocenters. The van der Waals surface area contributed by atoms with Crippen molar-refractivity contribution < 1.29 is 4.74 Å². The molecule has 6 heteroatoms. The van der Waals surface area contributed by atoms with Crippen LogP contribution in [0.3, 0.4) is 0 Å². The van der Waals surface area contributed by atoms with Crippen LogP contribution in [0.2, 0.25) is 0 Å². The summed E-state index contributed by atoms with van der Waals surface area (Å²) in [6, 6.07) is 11.4. The molecule has 1 aliphatic carbocycles. The van der Waals surface area contributed by atoms with Crippen molar-refractivity contribution in [2.24, 2.45) is 0 Å². The van der Waals surface area contributed by atoms with Gasteiger partial charge in [-0.15, -0.1) is 0 Å². The van der Waals surface area contributed by atoms with Crippen molar-refractivity contribution >= 4 is 16.7 Å². The first-order valence-electron chi connectivity index (χ1n) is 9.82. The van der Waals surface area contributed by atoms with E-state index in [0.717, 1.165) is 40.7 Å². The SMILES string of the molecule is COc1cc(-c2ccc3ncnc(NC4CCC(N(C)C)CC4)c3c2)ccn1. The van der Waals surface area contributed by atoms with E-state index in [-0.39, 0.29) is 0 Å². The molecular formula is C22H27N5O. The minimum absolute atomic E-state index is 0.457. The number of nitrogens with one attached hydrogen (secondary N) is 1. The van der Waals surface area contributed by atoms with E-state index in [1.165, 1.54) is 12.8 Å². The molecule has 28 heavy (non-hydrogen) atoms. The number of hydrogen-bond donors (Lipinski definition) is 1. The Hall–Kier alpha value is -2.73. The van der Waals surface area contributed by atoms with Crippen molar-refractivity contribution in [3.63, 3.8) is 0 Å². The lowest BCUT2D eigenvalue weighted by atomic mass is 9.90. The molecule has 2 heterocycles. The fourth-order valence-corrected chi connectivity index (χ4v) is 3.98. The molecule has 0 aliphatic heterocycles. The lowest BCUT2D eigenvalue weighted by molar-refractivity contribution is 0.221. The second-order valence-corrected chi connectivity index (χ2v) is 7.65. The second-order valence-electron chi connectivity index (χ2n) is 7.65. The first-order chi connectivity index (χ1) is 13.6. The van der Waals surface area contributed by atoms with Crippen molar-refractivity contribution in [1.82, 2.24) is 19.9 Å². The van der Waals surface area contributed by atoms with Crippen LogP contribution < -0.4 is 10.1 Å². The highest BCUT2D eigenvalue weighted by atomic mass is 16.5. The van der Waals surface area contributed by atoms with Gasteiger partial charge in [-0.05, 0) is 69.1 Å². The highest BCUT2D eigenvalue weighted by Gasteiger charge is 2.23. The van der Waals surface area contributed by atoms with Crippen molar-refractivity contribution in [3.8, 4) is 17.0 Å². The van der Waals surface area contributed by atoms with E-state index < -0.39 is 0 Å². The van der Waals surface area contributed by atoms with Crippen LogP contribution >= 0.6 is 0 Å². The number of rotatable bonds is 5. The molecular weight excluding hydrogens is 350 g/mol. The van der Waals surface area contributed by atoms with E-state index in [1.54, 1.807) is 19.6 Å². The molecule has 0 amide bonds. The highest BCUT2D eigenvalue weighted by molar-refractivity contribution is 5.92. The van der Waals surface area contributed by atoms with Gasteiger partial charge in [0.1, 0.15) is 12.1 Å². The van der Waals surface area contributed by atoms with Gasteiger partial charge in [-0.25, -0.2) is 15.0 Å². The maximum absolute atomic E-state index is 5.26. The van der Waals surface area contributed by atoms with Crippen LogP contribution in [0.25, 0.3) is 22.0 Å². The summed E-state index contributed by atoms with van der Waals surface area (Å²) in [4.78, 5) is 15.5. The summed E-state index contributed by atoms with van der Waals surface area (Å²) in [6.07, 6.45) is 8.17. The predicted molar refractivity (Wildman–Crippen MR) is 113 cm³/mol. The average Bonchev–Trinajstić information content (AvgIpc) is 2.74. The average molecular weight is 377 g/mol. The fourth-order valence-electron chi connectivity index (χ4n) is 3.98. The Labute approximate surface area is 166 Å². The number of methoxy groups -OCH3 is 1. The maximum atomic E-state index is 5.26. The minimum Gasteiger partial charge on any atom is -0.481 e. The molecule has 3 aromatic rings. The standard InChI is InChI=1S/C22H27N5O/c1-27(2)18-7-5-17(6-8-18)26-22-19-12-15(4-9-20(19)24-14-25-22)16-10-11-23-21(13-16)28-3/h4,9-14,17-18H,5-8H2,1-3H3,(H,24,25,26). The lowest BCUT2D eigenvalue weighted by Crippen LogP contribution is -2.36. The number of pyridine rings is 1. The summed E-state index contributed by atoms with van der Waals surface area (Å²) in [7, 11) is 5.98. The van der Waals surface area contributed by atoms with Gasteiger partial charge in [0.25, 0.3) is 0 Å². The summed E-state index contributed by atoms with van der Waals surface area (Å²) in [5.74, 6) is 1.53. The molecule has 146 valence electrons. The molecule has 1 fully saturated rings. The van der Waals surface area contributed by atoms with E-state index >= 15 is 0 Å².